The van der Waals surface area contributed by atoms with Gasteiger partial charge < -0.3 is 15.8 Å². The van der Waals surface area contributed by atoms with Gasteiger partial charge in [0.25, 0.3) is 0 Å². The third-order valence-corrected chi connectivity index (χ3v) is 2.23. The van der Waals surface area contributed by atoms with Crippen molar-refractivity contribution in [3.05, 3.63) is 35.1 Å². The van der Waals surface area contributed by atoms with E-state index in [1.165, 1.54) is 6.07 Å². The summed E-state index contributed by atoms with van der Waals surface area (Å²) in [6.45, 7) is 3.21. The normalized spacial score (nSPS) is 10.5. The van der Waals surface area contributed by atoms with E-state index in [9.17, 15) is 9.18 Å². The van der Waals surface area contributed by atoms with E-state index in [-0.39, 0.29) is 12.4 Å². The van der Waals surface area contributed by atoms with Crippen LogP contribution < -0.4 is 11.1 Å². The number of nitrogens with one attached hydrogen (secondary N) is 1. The average Bonchev–Trinajstić information content (AvgIpc) is 2.27. The van der Waals surface area contributed by atoms with Gasteiger partial charge in [-0.15, -0.1) is 0 Å². The average molecular weight is 240 g/mol. The summed E-state index contributed by atoms with van der Waals surface area (Å²) in [5, 5.41) is 3.08. The van der Waals surface area contributed by atoms with Crippen LogP contribution in [0.4, 0.5) is 4.39 Å². The molecule has 4 nitrogen and oxygen atoms in total. The summed E-state index contributed by atoms with van der Waals surface area (Å²) in [4.78, 5) is 10.4. The second kappa shape index (κ2) is 6.98. The van der Waals surface area contributed by atoms with Crippen LogP contribution >= 0.6 is 0 Å². The highest BCUT2D eigenvalue weighted by Crippen LogP contribution is 2.08. The lowest BCUT2D eigenvalue weighted by Crippen LogP contribution is -2.23. The number of benzene rings is 1. The first-order valence-electron chi connectivity index (χ1n) is 5.41. The topological polar surface area (TPSA) is 64.3 Å². The summed E-state index contributed by atoms with van der Waals surface area (Å²) >= 11 is 0. The van der Waals surface area contributed by atoms with Crippen LogP contribution in [0.3, 0.4) is 0 Å². The van der Waals surface area contributed by atoms with Gasteiger partial charge >= 0.3 is 0 Å². The van der Waals surface area contributed by atoms with E-state index in [0.29, 0.717) is 25.3 Å². The molecule has 0 heterocycles. The smallest absolute Gasteiger partial charge is 0.243 e. The molecule has 0 unspecified atom stereocenters. The van der Waals surface area contributed by atoms with E-state index in [2.05, 4.69) is 5.32 Å². The zero-order valence-corrected chi connectivity index (χ0v) is 9.83. The Morgan fingerprint density at radius 2 is 2.29 bits per heavy atom. The molecule has 17 heavy (non-hydrogen) atoms. The molecule has 0 radical (unpaired) electrons. The minimum Gasteiger partial charge on any atom is -0.370 e. The number of carbonyl (C=O) groups excluding carboxylic acids is 1. The minimum atomic E-state index is -0.481. The molecule has 0 aromatic heterocycles. The molecule has 0 aliphatic heterocycles. The summed E-state index contributed by atoms with van der Waals surface area (Å²) < 4.78 is 18.2. The molecule has 0 aliphatic carbocycles. The first-order valence-corrected chi connectivity index (χ1v) is 5.41. The second-order valence-corrected chi connectivity index (χ2v) is 3.78. The van der Waals surface area contributed by atoms with Gasteiger partial charge in [-0.3, -0.25) is 4.79 Å². The Kier molecular flexibility index (Phi) is 5.59. The molecule has 1 aromatic rings. The molecule has 1 amide bonds. The Hall–Kier alpha value is -1.46. The summed E-state index contributed by atoms with van der Waals surface area (Å²) in [6, 6.07) is 5.12. The molecular formula is C12H17FN2O2. The van der Waals surface area contributed by atoms with E-state index in [4.69, 9.17) is 10.5 Å². The third-order valence-electron chi connectivity index (χ3n) is 2.23. The lowest BCUT2D eigenvalue weighted by Gasteiger charge is -2.06. The van der Waals surface area contributed by atoms with Crippen LogP contribution in [0.15, 0.2) is 18.2 Å². The quantitative estimate of drug-likeness (QED) is 0.690. The second-order valence-electron chi connectivity index (χ2n) is 3.78. The largest absolute Gasteiger partial charge is 0.370 e. The van der Waals surface area contributed by atoms with E-state index >= 15 is 0 Å². The number of hydrogen-bond donors (Lipinski definition) is 2. The molecule has 1 aromatic carbocycles. The predicted octanol–water partition coefficient (Wildman–Crippen LogP) is 0.726. The van der Waals surface area contributed by atoms with Crippen LogP contribution in [0.1, 0.15) is 11.1 Å². The summed E-state index contributed by atoms with van der Waals surface area (Å²) in [6.07, 6.45) is 0. The number of rotatable bonds is 7. The fraction of sp³-hybridized carbons (Fsp3) is 0.417. The van der Waals surface area contributed by atoms with Crippen LogP contribution in [-0.4, -0.2) is 25.7 Å². The van der Waals surface area contributed by atoms with Crippen molar-refractivity contribution in [3.8, 4) is 0 Å². The Morgan fingerprint density at radius 3 is 2.94 bits per heavy atom. The van der Waals surface area contributed by atoms with Crippen molar-refractivity contribution in [2.45, 2.75) is 13.5 Å². The lowest BCUT2D eigenvalue weighted by atomic mass is 10.1. The number of amides is 1. The predicted molar refractivity (Wildman–Crippen MR) is 62.9 cm³/mol. The Bertz CT molecular complexity index is 383. The molecule has 0 saturated heterocycles. The molecule has 0 bridgehead atoms. The maximum absolute atomic E-state index is 13.2. The van der Waals surface area contributed by atoms with E-state index < -0.39 is 5.91 Å². The van der Waals surface area contributed by atoms with Gasteiger partial charge in [0.2, 0.25) is 5.91 Å². The molecule has 0 atom stereocenters. The molecule has 0 spiro atoms. The van der Waals surface area contributed by atoms with Crippen LogP contribution in [0.25, 0.3) is 0 Å². The van der Waals surface area contributed by atoms with Crippen molar-refractivity contribution in [2.24, 2.45) is 5.73 Å². The summed E-state index contributed by atoms with van der Waals surface area (Å²) in [5.74, 6) is -0.681. The molecule has 1 rings (SSSR count). The molecule has 94 valence electrons. The maximum Gasteiger partial charge on any atom is 0.243 e. The Labute approximate surface area is 100.0 Å². The Balaban J connectivity index is 2.18. The third kappa shape index (κ3) is 5.42. The van der Waals surface area contributed by atoms with Gasteiger partial charge in [-0.25, -0.2) is 4.39 Å². The fourth-order valence-electron chi connectivity index (χ4n) is 1.30. The Morgan fingerprint density at radius 1 is 1.53 bits per heavy atom. The van der Waals surface area contributed by atoms with Crippen LogP contribution in [0.2, 0.25) is 0 Å². The monoisotopic (exact) mass is 240 g/mol. The summed E-state index contributed by atoms with van der Waals surface area (Å²) in [5.41, 5.74) is 6.42. The van der Waals surface area contributed by atoms with Crippen molar-refractivity contribution < 1.29 is 13.9 Å². The van der Waals surface area contributed by atoms with Crippen LogP contribution in [-0.2, 0) is 16.1 Å². The molecule has 0 fully saturated rings. The summed E-state index contributed by atoms with van der Waals surface area (Å²) in [7, 11) is 0. The van der Waals surface area contributed by atoms with Gasteiger partial charge in [0, 0.05) is 13.1 Å². The SMILES string of the molecule is Cc1ccc(CNCCOCC(N)=O)cc1F. The van der Waals surface area contributed by atoms with Crippen molar-refractivity contribution in [1.29, 1.82) is 0 Å². The van der Waals surface area contributed by atoms with Crippen molar-refractivity contribution >= 4 is 5.91 Å². The molecule has 5 heteroatoms. The van der Waals surface area contributed by atoms with Gasteiger partial charge in [-0.1, -0.05) is 12.1 Å². The number of halogens is 1. The first kappa shape index (κ1) is 13.6. The number of nitrogens with two attached hydrogens (primary N) is 1. The lowest BCUT2D eigenvalue weighted by molar-refractivity contribution is -0.122. The first-order chi connectivity index (χ1) is 8.09. The van der Waals surface area contributed by atoms with Gasteiger partial charge in [-0.05, 0) is 24.1 Å². The molecule has 0 saturated carbocycles. The minimum absolute atomic E-state index is 0.0686. The van der Waals surface area contributed by atoms with Crippen molar-refractivity contribution in [1.82, 2.24) is 5.32 Å². The molecular weight excluding hydrogens is 223 g/mol. The maximum atomic E-state index is 13.2. The van der Waals surface area contributed by atoms with Gasteiger partial charge in [-0.2, -0.15) is 0 Å². The number of carbonyl (C=O) groups is 1. The number of aryl methyl sites for hydroxylation is 1. The van der Waals surface area contributed by atoms with E-state index in [1.54, 1.807) is 13.0 Å². The highest BCUT2D eigenvalue weighted by molar-refractivity contribution is 5.74. The van der Waals surface area contributed by atoms with Crippen LogP contribution in [0.5, 0.6) is 0 Å². The highest BCUT2D eigenvalue weighted by Gasteiger charge is 1.99. The number of hydrogen-bond acceptors (Lipinski definition) is 3. The standard InChI is InChI=1S/C12H17FN2O2/c1-9-2-3-10(6-11(9)13)7-15-4-5-17-8-12(14)16/h2-3,6,15H,4-5,7-8H2,1H3,(H2,14,16). The highest BCUT2D eigenvalue weighted by atomic mass is 19.1. The van der Waals surface area contributed by atoms with Gasteiger partial charge in [0.15, 0.2) is 0 Å². The van der Waals surface area contributed by atoms with Gasteiger partial charge in [0.05, 0.1) is 6.61 Å². The fourth-order valence-corrected chi connectivity index (χ4v) is 1.30. The number of primary amides is 1. The van der Waals surface area contributed by atoms with Crippen LogP contribution in [0, 0.1) is 12.7 Å². The van der Waals surface area contributed by atoms with E-state index in [1.807, 2.05) is 6.07 Å². The number of ether oxygens (including phenoxy) is 1. The zero-order valence-electron chi connectivity index (χ0n) is 9.83. The van der Waals surface area contributed by atoms with Crippen molar-refractivity contribution in [3.63, 3.8) is 0 Å². The van der Waals surface area contributed by atoms with Gasteiger partial charge in [0.1, 0.15) is 12.4 Å². The zero-order chi connectivity index (χ0) is 12.7. The molecule has 0 aliphatic rings. The van der Waals surface area contributed by atoms with Crippen molar-refractivity contribution in [2.75, 3.05) is 19.8 Å². The van der Waals surface area contributed by atoms with E-state index in [0.717, 1.165) is 5.56 Å². The molecule has 3 N–H and O–H groups in total.